The number of aliphatic imine (C=N–C) groups is 1. The molecule has 0 radical (unpaired) electrons. The summed E-state index contributed by atoms with van der Waals surface area (Å²) in [5.41, 5.74) is 3.37. The van der Waals surface area contributed by atoms with E-state index in [1.807, 2.05) is 24.3 Å². The van der Waals surface area contributed by atoms with Crippen LogP contribution in [0.25, 0.3) is 0 Å². The lowest BCUT2D eigenvalue weighted by atomic mass is 9.86. The Morgan fingerprint density at radius 3 is 2.65 bits per heavy atom. The smallest absolute Gasteiger partial charge is 0.127 e. The van der Waals surface area contributed by atoms with Crippen LogP contribution < -0.4 is 10.6 Å². The molecule has 2 aromatic rings. The highest BCUT2D eigenvalue weighted by Gasteiger charge is 2.41. The van der Waals surface area contributed by atoms with E-state index >= 15 is 0 Å². The number of anilines is 2. The molecule has 4 nitrogen and oxygen atoms in total. The number of rotatable bonds is 4. The third-order valence-corrected chi connectivity index (χ3v) is 5.37. The van der Waals surface area contributed by atoms with Crippen LogP contribution in [0.2, 0.25) is 5.02 Å². The predicted octanol–water partition coefficient (Wildman–Crippen LogP) is 4.76. The number of nitrogens with one attached hydrogen (secondary N) is 2. The van der Waals surface area contributed by atoms with Gasteiger partial charge in [-0.3, -0.25) is 4.99 Å². The van der Waals surface area contributed by atoms with Gasteiger partial charge in [-0.2, -0.15) is 0 Å². The summed E-state index contributed by atoms with van der Waals surface area (Å²) in [6.07, 6.45) is 3.85. The van der Waals surface area contributed by atoms with Gasteiger partial charge in [-0.05, 0) is 42.7 Å². The third-order valence-electron chi connectivity index (χ3n) is 5.14. The fourth-order valence-corrected chi connectivity index (χ4v) is 3.92. The van der Waals surface area contributed by atoms with Crippen LogP contribution >= 0.6 is 11.6 Å². The molecule has 2 aliphatic heterocycles. The summed E-state index contributed by atoms with van der Waals surface area (Å²) in [6, 6.07) is 16.4. The number of amidine groups is 1. The maximum absolute atomic E-state index is 6.07. The quantitative estimate of drug-likeness (QED) is 0.764. The molecular formula is C21H24ClN3O. The van der Waals surface area contributed by atoms with Gasteiger partial charge in [0.2, 0.25) is 0 Å². The second-order valence-corrected chi connectivity index (χ2v) is 7.39. The topological polar surface area (TPSA) is 45.7 Å². The molecule has 0 aromatic heterocycles. The molecule has 2 aromatic carbocycles. The van der Waals surface area contributed by atoms with E-state index in [1.165, 1.54) is 5.56 Å². The monoisotopic (exact) mass is 369 g/mol. The van der Waals surface area contributed by atoms with Crippen molar-refractivity contribution in [3.63, 3.8) is 0 Å². The van der Waals surface area contributed by atoms with Gasteiger partial charge in [0.15, 0.2) is 0 Å². The molecule has 0 unspecified atom stereocenters. The molecular weight excluding hydrogens is 346 g/mol. The molecule has 0 bridgehead atoms. The summed E-state index contributed by atoms with van der Waals surface area (Å²) >= 11 is 6.07. The van der Waals surface area contributed by atoms with Crippen molar-refractivity contribution in [2.45, 2.75) is 31.2 Å². The Bertz CT molecular complexity index is 799. The zero-order valence-electron chi connectivity index (χ0n) is 14.8. The Hall–Kier alpha value is -2.04. The zero-order valence-corrected chi connectivity index (χ0v) is 15.6. The molecule has 4 rings (SSSR count). The highest BCUT2D eigenvalue weighted by Crippen LogP contribution is 2.36. The summed E-state index contributed by atoms with van der Waals surface area (Å²) in [7, 11) is 0. The minimum Gasteiger partial charge on any atom is -0.381 e. The van der Waals surface area contributed by atoms with Gasteiger partial charge in [0.25, 0.3) is 0 Å². The number of aryl methyl sites for hydroxylation is 1. The Balaban J connectivity index is 1.48. The standard InChI is InChI=1S/C21H24ClN3O/c22-17-7-3-5-16(15-17)6-4-12-23-20-21(10-13-26-14-11-21)25-19-9-2-1-8-18(19)24-20/h1-3,5,7-9,15,25H,4,6,10-14H2,(H,23,24). The SMILES string of the molecule is Clc1cccc(CCCN=C2Nc3ccccc3NC23CCOCC3)c1. The van der Waals surface area contributed by atoms with Crippen LogP contribution in [-0.2, 0) is 11.2 Å². The molecule has 5 heteroatoms. The van der Waals surface area contributed by atoms with Crippen LogP contribution in [0.15, 0.2) is 53.5 Å². The molecule has 1 fully saturated rings. The highest BCUT2D eigenvalue weighted by atomic mass is 35.5. The molecule has 26 heavy (non-hydrogen) atoms. The van der Waals surface area contributed by atoms with E-state index in [0.717, 1.165) is 67.7 Å². The molecule has 0 amide bonds. The molecule has 1 saturated heterocycles. The third kappa shape index (κ3) is 3.71. The van der Waals surface area contributed by atoms with E-state index in [0.29, 0.717) is 0 Å². The number of para-hydroxylation sites is 2. The van der Waals surface area contributed by atoms with Crippen molar-refractivity contribution < 1.29 is 4.74 Å². The normalized spacial score (nSPS) is 19.7. The predicted molar refractivity (Wildman–Crippen MR) is 109 cm³/mol. The Morgan fingerprint density at radius 1 is 1.04 bits per heavy atom. The van der Waals surface area contributed by atoms with Gasteiger partial charge in [-0.1, -0.05) is 35.9 Å². The van der Waals surface area contributed by atoms with E-state index in [4.69, 9.17) is 21.3 Å². The molecule has 0 aliphatic carbocycles. The fraction of sp³-hybridized carbons (Fsp3) is 0.381. The van der Waals surface area contributed by atoms with Gasteiger partial charge in [-0.15, -0.1) is 0 Å². The maximum atomic E-state index is 6.07. The second kappa shape index (κ2) is 7.68. The van der Waals surface area contributed by atoms with Crippen molar-refractivity contribution in [3.05, 3.63) is 59.1 Å². The van der Waals surface area contributed by atoms with Crippen LogP contribution in [0.5, 0.6) is 0 Å². The van der Waals surface area contributed by atoms with Crippen molar-refractivity contribution in [1.82, 2.24) is 0 Å². The summed E-state index contributed by atoms with van der Waals surface area (Å²) in [4.78, 5) is 4.95. The summed E-state index contributed by atoms with van der Waals surface area (Å²) in [5, 5.41) is 8.11. The van der Waals surface area contributed by atoms with E-state index in [1.54, 1.807) is 0 Å². The number of nitrogens with zero attached hydrogens (tertiary/aromatic N) is 1. The fourth-order valence-electron chi connectivity index (χ4n) is 3.70. The molecule has 2 N–H and O–H groups in total. The first-order chi connectivity index (χ1) is 12.8. The molecule has 2 aliphatic rings. The average molecular weight is 370 g/mol. The van der Waals surface area contributed by atoms with Gasteiger partial charge in [-0.25, -0.2) is 0 Å². The van der Waals surface area contributed by atoms with Crippen LogP contribution in [0, 0.1) is 0 Å². The molecule has 0 saturated carbocycles. The molecule has 136 valence electrons. The van der Waals surface area contributed by atoms with E-state index in [9.17, 15) is 0 Å². The van der Waals surface area contributed by atoms with Crippen molar-refractivity contribution in [2.24, 2.45) is 4.99 Å². The maximum Gasteiger partial charge on any atom is 0.127 e. The van der Waals surface area contributed by atoms with Crippen LogP contribution in [0.1, 0.15) is 24.8 Å². The van der Waals surface area contributed by atoms with E-state index < -0.39 is 0 Å². The molecule has 0 atom stereocenters. The van der Waals surface area contributed by atoms with E-state index in [-0.39, 0.29) is 5.54 Å². The lowest BCUT2D eigenvalue weighted by Gasteiger charge is -2.43. The first kappa shape index (κ1) is 17.4. The largest absolute Gasteiger partial charge is 0.381 e. The van der Waals surface area contributed by atoms with Crippen molar-refractivity contribution in [1.29, 1.82) is 0 Å². The number of ether oxygens (including phenoxy) is 1. The Labute approximate surface area is 159 Å². The van der Waals surface area contributed by atoms with Crippen LogP contribution in [0.3, 0.4) is 0 Å². The number of hydrogen-bond acceptors (Lipinski definition) is 3. The number of benzene rings is 2. The number of halogens is 1. The zero-order chi connectivity index (χ0) is 17.8. The van der Waals surface area contributed by atoms with Crippen molar-refractivity contribution in [2.75, 3.05) is 30.4 Å². The average Bonchev–Trinajstić information content (AvgIpc) is 2.66. The summed E-state index contributed by atoms with van der Waals surface area (Å²) in [6.45, 7) is 2.32. The van der Waals surface area contributed by atoms with Gasteiger partial charge in [0, 0.05) is 37.6 Å². The minimum absolute atomic E-state index is 0.136. The lowest BCUT2D eigenvalue weighted by Crippen LogP contribution is -2.55. The second-order valence-electron chi connectivity index (χ2n) is 6.95. The highest BCUT2D eigenvalue weighted by molar-refractivity contribution is 6.30. The minimum atomic E-state index is -0.136. The molecule has 1 spiro atoms. The number of hydrogen-bond donors (Lipinski definition) is 2. The summed E-state index contributed by atoms with van der Waals surface area (Å²) < 4.78 is 5.59. The van der Waals surface area contributed by atoms with Gasteiger partial charge in [0.05, 0.1) is 16.9 Å². The lowest BCUT2D eigenvalue weighted by molar-refractivity contribution is 0.0778. The molecule has 2 heterocycles. The van der Waals surface area contributed by atoms with Crippen molar-refractivity contribution in [3.8, 4) is 0 Å². The number of fused-ring (bicyclic) bond motifs is 1. The van der Waals surface area contributed by atoms with Gasteiger partial charge < -0.3 is 15.4 Å². The van der Waals surface area contributed by atoms with Crippen LogP contribution in [0.4, 0.5) is 11.4 Å². The summed E-state index contributed by atoms with van der Waals surface area (Å²) in [5.74, 6) is 1.05. The van der Waals surface area contributed by atoms with E-state index in [2.05, 4.69) is 34.9 Å². The van der Waals surface area contributed by atoms with Gasteiger partial charge in [0.1, 0.15) is 5.84 Å². The first-order valence-corrected chi connectivity index (χ1v) is 9.64. The Morgan fingerprint density at radius 2 is 1.85 bits per heavy atom. The first-order valence-electron chi connectivity index (χ1n) is 9.27. The van der Waals surface area contributed by atoms with Crippen molar-refractivity contribution >= 4 is 28.8 Å². The van der Waals surface area contributed by atoms with Crippen LogP contribution in [-0.4, -0.2) is 31.1 Å². The van der Waals surface area contributed by atoms with Gasteiger partial charge >= 0.3 is 0 Å². The Kier molecular flexibility index (Phi) is 5.14.